The Bertz CT molecular complexity index is 419. The van der Waals surface area contributed by atoms with Gasteiger partial charge in [-0.3, -0.25) is 0 Å². The predicted molar refractivity (Wildman–Crippen MR) is 56.8 cm³/mol. The molecule has 5 heteroatoms. The van der Waals surface area contributed by atoms with Gasteiger partial charge in [0.2, 0.25) is 0 Å². The fraction of sp³-hybridized carbons (Fsp3) is 0.111. The molecule has 3 nitrogen and oxygen atoms in total. The van der Waals surface area contributed by atoms with E-state index in [2.05, 4.69) is 25.9 Å². The third-order valence-electron chi connectivity index (χ3n) is 1.83. The minimum absolute atomic E-state index is 0.417. The molecule has 0 fully saturated rings. The maximum atomic E-state index is 11.0. The summed E-state index contributed by atoms with van der Waals surface area (Å²) < 4.78 is 0. The number of oxime groups is 1. The van der Waals surface area contributed by atoms with Crippen molar-refractivity contribution in [3.63, 3.8) is 0 Å². The monoisotopic (exact) mass is 273 g/mol. The number of halogens is 2. The lowest BCUT2D eigenvalue weighted by Gasteiger charge is -2.02. The Morgan fingerprint density at radius 1 is 1.43 bits per heavy atom. The molecule has 0 bridgehead atoms. The van der Waals surface area contributed by atoms with Crippen molar-refractivity contribution in [2.45, 2.75) is 4.83 Å². The van der Waals surface area contributed by atoms with Gasteiger partial charge in [-0.25, -0.2) is 4.79 Å². The van der Waals surface area contributed by atoms with Crippen molar-refractivity contribution in [3.8, 4) is 0 Å². The van der Waals surface area contributed by atoms with Gasteiger partial charge in [-0.1, -0.05) is 50.9 Å². The van der Waals surface area contributed by atoms with Crippen LogP contribution in [0.2, 0.25) is 5.02 Å². The summed E-state index contributed by atoms with van der Waals surface area (Å²) in [4.78, 5) is 15.0. The molecule has 0 saturated carbocycles. The Balaban J connectivity index is 2.42. The first-order valence-corrected chi connectivity index (χ1v) is 5.17. The summed E-state index contributed by atoms with van der Waals surface area (Å²) >= 11 is 9.13. The lowest BCUT2D eigenvalue weighted by atomic mass is 10.1. The zero-order valence-corrected chi connectivity index (χ0v) is 9.25. The summed E-state index contributed by atoms with van der Waals surface area (Å²) in [6.07, 6.45) is 0. The second-order valence-corrected chi connectivity index (χ2v) is 4.05. The van der Waals surface area contributed by atoms with Crippen LogP contribution in [0.5, 0.6) is 0 Å². The summed E-state index contributed by atoms with van der Waals surface area (Å²) in [7, 11) is 0. The molecule has 0 saturated heterocycles. The van der Waals surface area contributed by atoms with Crippen LogP contribution in [-0.4, -0.2) is 16.5 Å². The van der Waals surface area contributed by atoms with Gasteiger partial charge in [0.25, 0.3) is 0 Å². The molecule has 0 N–H and O–H groups in total. The van der Waals surface area contributed by atoms with E-state index in [4.69, 9.17) is 11.6 Å². The van der Waals surface area contributed by atoms with Crippen LogP contribution in [0.15, 0.2) is 29.4 Å². The highest BCUT2D eigenvalue weighted by Crippen LogP contribution is 2.24. The van der Waals surface area contributed by atoms with Gasteiger partial charge in [0.05, 0.1) is 0 Å². The van der Waals surface area contributed by atoms with Gasteiger partial charge < -0.3 is 4.84 Å². The summed E-state index contributed by atoms with van der Waals surface area (Å²) in [5.74, 6) is -0.417. The number of hydrogen-bond acceptors (Lipinski definition) is 3. The Hall–Kier alpha value is -0.870. The molecule has 1 aliphatic rings. The Kier molecular flexibility index (Phi) is 2.56. The van der Waals surface area contributed by atoms with Crippen molar-refractivity contribution in [1.82, 2.24) is 0 Å². The topological polar surface area (TPSA) is 38.7 Å². The minimum Gasteiger partial charge on any atom is -0.316 e. The van der Waals surface area contributed by atoms with Crippen LogP contribution in [0.1, 0.15) is 5.56 Å². The van der Waals surface area contributed by atoms with Crippen molar-refractivity contribution in [2.24, 2.45) is 5.16 Å². The maximum absolute atomic E-state index is 11.0. The summed E-state index contributed by atoms with van der Waals surface area (Å²) in [6.45, 7) is 0. The van der Waals surface area contributed by atoms with Crippen molar-refractivity contribution in [3.05, 3.63) is 34.9 Å². The molecular formula is C9H5BrClNO2. The van der Waals surface area contributed by atoms with E-state index in [9.17, 15) is 4.79 Å². The van der Waals surface area contributed by atoms with Gasteiger partial charge in [-0.05, 0) is 6.07 Å². The van der Waals surface area contributed by atoms with Crippen LogP contribution < -0.4 is 0 Å². The molecule has 0 radical (unpaired) electrons. The molecule has 1 aromatic carbocycles. The average Bonchev–Trinajstić information content (AvgIpc) is 2.49. The fourth-order valence-electron chi connectivity index (χ4n) is 1.15. The van der Waals surface area contributed by atoms with Crippen LogP contribution in [0.25, 0.3) is 0 Å². The largest absolute Gasteiger partial charge is 0.354 e. The number of carbonyl (C=O) groups is 1. The molecule has 1 aromatic rings. The zero-order chi connectivity index (χ0) is 10.1. The number of hydrogen-bond donors (Lipinski definition) is 0. The molecule has 0 aliphatic carbocycles. The van der Waals surface area contributed by atoms with Gasteiger partial charge in [0, 0.05) is 10.6 Å². The Labute approximate surface area is 93.8 Å². The van der Waals surface area contributed by atoms with Gasteiger partial charge in [0.1, 0.15) is 5.71 Å². The molecule has 2 rings (SSSR count). The van der Waals surface area contributed by atoms with Crippen LogP contribution in [0.3, 0.4) is 0 Å². The van der Waals surface area contributed by atoms with E-state index in [-0.39, 0.29) is 0 Å². The SMILES string of the molecule is O=C1ON=C(c2ccccc2Cl)C1Br. The second-order valence-electron chi connectivity index (χ2n) is 2.73. The van der Waals surface area contributed by atoms with Gasteiger partial charge in [-0.15, -0.1) is 0 Å². The zero-order valence-electron chi connectivity index (χ0n) is 6.91. The molecule has 1 heterocycles. The fourth-order valence-corrected chi connectivity index (χ4v) is 1.80. The minimum atomic E-state index is -0.526. The second kappa shape index (κ2) is 3.71. The van der Waals surface area contributed by atoms with Gasteiger partial charge in [-0.2, -0.15) is 0 Å². The van der Waals surface area contributed by atoms with Crippen LogP contribution >= 0.6 is 27.5 Å². The third kappa shape index (κ3) is 1.55. The Morgan fingerprint density at radius 2 is 2.14 bits per heavy atom. The molecule has 0 amide bonds. The maximum Gasteiger partial charge on any atom is 0.354 e. The average molecular weight is 275 g/mol. The van der Waals surface area contributed by atoms with Crippen molar-refractivity contribution < 1.29 is 9.63 Å². The highest BCUT2D eigenvalue weighted by atomic mass is 79.9. The first kappa shape index (κ1) is 9.68. The summed E-state index contributed by atoms with van der Waals surface area (Å²) in [5.41, 5.74) is 1.22. The highest BCUT2D eigenvalue weighted by molar-refractivity contribution is 9.10. The smallest absolute Gasteiger partial charge is 0.316 e. The first-order chi connectivity index (χ1) is 6.70. The van der Waals surface area contributed by atoms with E-state index in [1.165, 1.54) is 0 Å². The third-order valence-corrected chi connectivity index (χ3v) is 2.97. The quantitative estimate of drug-likeness (QED) is 0.582. The molecule has 14 heavy (non-hydrogen) atoms. The van der Waals surface area contributed by atoms with E-state index >= 15 is 0 Å². The van der Waals surface area contributed by atoms with Crippen molar-refractivity contribution in [2.75, 3.05) is 0 Å². The molecule has 0 spiro atoms. The predicted octanol–water partition coefficient (Wildman–Crippen LogP) is 2.36. The van der Waals surface area contributed by atoms with E-state index in [0.29, 0.717) is 16.3 Å². The van der Waals surface area contributed by atoms with Crippen molar-refractivity contribution >= 4 is 39.2 Å². The molecule has 72 valence electrons. The molecule has 1 aliphatic heterocycles. The van der Waals surface area contributed by atoms with Crippen LogP contribution in [-0.2, 0) is 9.63 Å². The van der Waals surface area contributed by atoms with E-state index < -0.39 is 10.8 Å². The first-order valence-electron chi connectivity index (χ1n) is 3.88. The number of alkyl halides is 1. The number of rotatable bonds is 1. The number of benzene rings is 1. The molecule has 0 aromatic heterocycles. The van der Waals surface area contributed by atoms with Crippen molar-refractivity contribution in [1.29, 1.82) is 0 Å². The van der Waals surface area contributed by atoms with E-state index in [1.807, 2.05) is 12.1 Å². The number of nitrogens with zero attached hydrogens (tertiary/aromatic N) is 1. The molecular weight excluding hydrogens is 269 g/mol. The lowest BCUT2D eigenvalue weighted by Crippen LogP contribution is -2.18. The summed E-state index contributed by atoms with van der Waals surface area (Å²) in [5, 5.41) is 4.21. The van der Waals surface area contributed by atoms with Crippen LogP contribution in [0, 0.1) is 0 Å². The van der Waals surface area contributed by atoms with Gasteiger partial charge >= 0.3 is 5.97 Å². The van der Waals surface area contributed by atoms with E-state index in [1.54, 1.807) is 12.1 Å². The highest BCUT2D eigenvalue weighted by Gasteiger charge is 2.31. The van der Waals surface area contributed by atoms with E-state index in [0.717, 1.165) is 0 Å². The Morgan fingerprint density at radius 3 is 2.71 bits per heavy atom. The van der Waals surface area contributed by atoms with Gasteiger partial charge in [0.15, 0.2) is 4.83 Å². The van der Waals surface area contributed by atoms with Crippen LogP contribution in [0.4, 0.5) is 0 Å². The number of carbonyl (C=O) groups excluding carboxylic acids is 1. The summed E-state index contributed by atoms with van der Waals surface area (Å²) in [6, 6.07) is 7.17. The molecule has 1 unspecified atom stereocenters. The standard InChI is InChI=1S/C9H5BrClNO2/c10-7-8(12-14-9(7)13)5-3-1-2-4-6(5)11/h1-4,7H. The molecule has 1 atom stereocenters. The lowest BCUT2D eigenvalue weighted by molar-refractivity contribution is -0.139. The normalized spacial score (nSPS) is 20.6.